The first-order valence-electron chi connectivity index (χ1n) is 4.27. The maximum absolute atomic E-state index is 2.37. The molecule has 0 atom stereocenters. The summed E-state index contributed by atoms with van der Waals surface area (Å²) in [7, 11) is 2.08. The first-order chi connectivity index (χ1) is 6.66. The molecule has 0 fully saturated rings. The van der Waals surface area contributed by atoms with Gasteiger partial charge in [-0.3, -0.25) is 0 Å². The van der Waals surface area contributed by atoms with Gasteiger partial charge in [-0.15, -0.1) is 0 Å². The number of rotatable bonds is 1. The second-order valence-electron chi connectivity index (χ2n) is 3.26. The highest BCUT2D eigenvalue weighted by atomic mass is 127. The fourth-order valence-corrected chi connectivity index (χ4v) is 2.19. The number of hydrogen-bond acceptors (Lipinski definition) is 2. The van der Waals surface area contributed by atoms with Crippen molar-refractivity contribution < 1.29 is 0 Å². The lowest BCUT2D eigenvalue weighted by Crippen LogP contribution is -2.21. The topological polar surface area (TPSA) is 6.48 Å². The van der Waals surface area contributed by atoms with Crippen LogP contribution in [0.25, 0.3) is 0 Å². The van der Waals surface area contributed by atoms with Crippen LogP contribution in [0.4, 0.5) is 5.69 Å². The summed E-state index contributed by atoms with van der Waals surface area (Å²) in [5, 5.41) is 0. The lowest BCUT2D eigenvalue weighted by Gasteiger charge is -2.18. The van der Waals surface area contributed by atoms with Crippen molar-refractivity contribution in [1.82, 2.24) is 4.90 Å². The molecule has 1 aromatic rings. The largest absolute Gasteiger partial charge is 0.361 e. The van der Waals surface area contributed by atoms with Crippen LogP contribution in [-0.2, 0) is 0 Å². The smallest absolute Gasteiger partial charge is 0.0938 e. The monoisotopic (exact) mass is 412 g/mol. The van der Waals surface area contributed by atoms with Gasteiger partial charge in [-0.2, -0.15) is 0 Å². The minimum atomic E-state index is 0.941. The van der Waals surface area contributed by atoms with E-state index in [0.717, 1.165) is 6.67 Å². The highest BCUT2D eigenvalue weighted by Crippen LogP contribution is 2.24. The molecule has 0 spiro atoms. The summed E-state index contributed by atoms with van der Waals surface area (Å²) >= 11 is 4.72. The molecule has 0 aromatic heterocycles. The van der Waals surface area contributed by atoms with Crippen LogP contribution >= 0.6 is 45.2 Å². The third-order valence-corrected chi connectivity index (χ3v) is 4.98. The van der Waals surface area contributed by atoms with Crippen LogP contribution in [0.5, 0.6) is 0 Å². The van der Waals surface area contributed by atoms with Gasteiger partial charge in [0.2, 0.25) is 0 Å². The van der Waals surface area contributed by atoms with Crippen molar-refractivity contribution in [3.63, 3.8) is 0 Å². The highest BCUT2D eigenvalue weighted by molar-refractivity contribution is 14.1. The molecule has 0 saturated heterocycles. The fraction of sp³-hybridized carbons (Fsp3) is 0.200. The van der Waals surface area contributed by atoms with Gasteiger partial charge < -0.3 is 9.80 Å². The molecule has 1 heterocycles. The zero-order chi connectivity index (χ0) is 10.1. The molecule has 14 heavy (non-hydrogen) atoms. The Labute approximate surface area is 111 Å². The number of halogens is 2. The summed E-state index contributed by atoms with van der Waals surface area (Å²) in [5.41, 5.74) is 1.26. The number of anilines is 1. The normalized spacial score (nSPS) is 15.4. The van der Waals surface area contributed by atoms with E-state index in [1.807, 2.05) is 0 Å². The molecular formula is C10H10I2N2. The van der Waals surface area contributed by atoms with E-state index in [9.17, 15) is 0 Å². The summed E-state index contributed by atoms with van der Waals surface area (Å²) < 4.78 is 2.62. The van der Waals surface area contributed by atoms with Crippen molar-refractivity contribution in [3.05, 3.63) is 37.7 Å². The molecule has 1 aliphatic rings. The molecular weight excluding hydrogens is 402 g/mol. The Morgan fingerprint density at radius 1 is 1.14 bits per heavy atom. The van der Waals surface area contributed by atoms with Crippen molar-refractivity contribution in [2.75, 3.05) is 18.6 Å². The first-order valence-corrected chi connectivity index (χ1v) is 6.43. The predicted octanol–water partition coefficient (Wildman–Crippen LogP) is 3.08. The van der Waals surface area contributed by atoms with Crippen LogP contribution < -0.4 is 4.90 Å². The molecule has 0 saturated carbocycles. The van der Waals surface area contributed by atoms with E-state index >= 15 is 0 Å². The lowest BCUT2D eigenvalue weighted by atomic mass is 10.3. The molecule has 1 aromatic carbocycles. The van der Waals surface area contributed by atoms with Crippen LogP contribution in [-0.4, -0.2) is 18.6 Å². The molecule has 74 valence electrons. The van der Waals surface area contributed by atoms with E-state index in [2.05, 4.69) is 92.6 Å². The first kappa shape index (κ1) is 10.5. The van der Waals surface area contributed by atoms with Crippen molar-refractivity contribution >= 4 is 50.9 Å². The average Bonchev–Trinajstić information content (AvgIpc) is 2.57. The summed E-state index contributed by atoms with van der Waals surface area (Å²) in [6, 6.07) is 6.53. The van der Waals surface area contributed by atoms with E-state index < -0.39 is 0 Å². The minimum absolute atomic E-state index is 0.941. The molecule has 0 aliphatic carbocycles. The molecule has 2 nitrogen and oxygen atoms in total. The number of nitrogens with zero attached hydrogens (tertiary/aromatic N) is 2. The van der Waals surface area contributed by atoms with Gasteiger partial charge >= 0.3 is 0 Å². The molecule has 1 aliphatic heterocycles. The van der Waals surface area contributed by atoms with E-state index in [1.165, 1.54) is 12.8 Å². The third-order valence-electron chi connectivity index (χ3n) is 2.11. The summed E-state index contributed by atoms with van der Waals surface area (Å²) in [4.78, 5) is 4.39. The molecule has 4 heteroatoms. The fourth-order valence-electron chi connectivity index (χ4n) is 1.36. The maximum Gasteiger partial charge on any atom is 0.0938 e. The quantitative estimate of drug-likeness (QED) is 0.655. The van der Waals surface area contributed by atoms with Gasteiger partial charge in [0.1, 0.15) is 0 Å². The van der Waals surface area contributed by atoms with Gasteiger partial charge in [-0.1, -0.05) is 0 Å². The van der Waals surface area contributed by atoms with Crippen LogP contribution in [0.2, 0.25) is 0 Å². The second kappa shape index (κ2) is 4.26. The Bertz CT molecular complexity index is 376. The Morgan fingerprint density at radius 2 is 1.93 bits per heavy atom. The summed E-state index contributed by atoms with van der Waals surface area (Å²) in [6.07, 6.45) is 4.20. The van der Waals surface area contributed by atoms with E-state index in [4.69, 9.17) is 0 Å². The highest BCUT2D eigenvalue weighted by Gasteiger charge is 2.11. The van der Waals surface area contributed by atoms with Gasteiger partial charge in [-0.05, 0) is 63.4 Å². The average molecular weight is 412 g/mol. The van der Waals surface area contributed by atoms with E-state index in [-0.39, 0.29) is 0 Å². The van der Waals surface area contributed by atoms with Crippen LogP contribution in [0.15, 0.2) is 30.6 Å². The van der Waals surface area contributed by atoms with Gasteiger partial charge in [-0.25, -0.2) is 0 Å². The Kier molecular flexibility index (Phi) is 3.20. The molecule has 2 rings (SSSR count). The second-order valence-corrected chi connectivity index (χ2v) is 5.59. The van der Waals surface area contributed by atoms with Crippen molar-refractivity contribution in [2.24, 2.45) is 0 Å². The van der Waals surface area contributed by atoms with Gasteiger partial charge in [0.25, 0.3) is 0 Å². The zero-order valence-corrected chi connectivity index (χ0v) is 12.1. The molecule has 0 bridgehead atoms. The molecule has 0 amide bonds. The van der Waals surface area contributed by atoms with Crippen LogP contribution in [0, 0.1) is 7.14 Å². The molecule has 0 radical (unpaired) electrons. The van der Waals surface area contributed by atoms with Crippen molar-refractivity contribution in [2.45, 2.75) is 0 Å². The summed E-state index contributed by atoms with van der Waals surface area (Å²) in [6.45, 7) is 0.941. The Morgan fingerprint density at radius 3 is 2.50 bits per heavy atom. The standard InChI is InChI=1S/C10H10I2N2/c1-13-4-5-14(7-13)8-2-3-9(11)10(12)6-8/h2-6H,7H2,1H3. The number of benzene rings is 1. The van der Waals surface area contributed by atoms with Gasteiger partial charge in [0.15, 0.2) is 0 Å². The Balaban J connectivity index is 2.25. The zero-order valence-electron chi connectivity index (χ0n) is 7.74. The maximum atomic E-state index is 2.37. The SMILES string of the molecule is CN1C=CN(c2ccc(I)c(I)c2)C1. The minimum Gasteiger partial charge on any atom is -0.361 e. The van der Waals surface area contributed by atoms with E-state index in [0.29, 0.717) is 0 Å². The van der Waals surface area contributed by atoms with Crippen molar-refractivity contribution in [3.8, 4) is 0 Å². The van der Waals surface area contributed by atoms with E-state index in [1.54, 1.807) is 0 Å². The predicted molar refractivity (Wildman–Crippen MR) is 76.1 cm³/mol. The van der Waals surface area contributed by atoms with Crippen LogP contribution in [0.3, 0.4) is 0 Å². The molecule has 0 N–H and O–H groups in total. The summed E-state index contributed by atoms with van der Waals surface area (Å²) in [5.74, 6) is 0. The van der Waals surface area contributed by atoms with Crippen LogP contribution in [0.1, 0.15) is 0 Å². The lowest BCUT2D eigenvalue weighted by molar-refractivity contribution is 0.495. The Hall–Kier alpha value is 0.0200. The number of hydrogen-bond donors (Lipinski definition) is 0. The molecule has 0 unspecified atom stereocenters. The third kappa shape index (κ3) is 2.16. The van der Waals surface area contributed by atoms with Crippen molar-refractivity contribution in [1.29, 1.82) is 0 Å². The van der Waals surface area contributed by atoms with Gasteiger partial charge in [0, 0.05) is 32.3 Å². The van der Waals surface area contributed by atoms with Gasteiger partial charge in [0.05, 0.1) is 6.67 Å².